The number of Topliss-reactive ketones (excluding diaryl/α,β-unsaturated/α-hetero) is 1. The maximum atomic E-state index is 12.2. The van der Waals surface area contributed by atoms with Crippen LogP contribution in [-0.4, -0.2) is 26.7 Å². The number of benzene rings is 2. The molecular formula is C19H15N3O3S. The first kappa shape index (κ1) is 17.8. The van der Waals surface area contributed by atoms with Crippen LogP contribution in [0, 0.1) is 17.0 Å². The molecule has 0 radical (unpaired) electrons. The summed E-state index contributed by atoms with van der Waals surface area (Å²) in [5.74, 6) is 0.299. The summed E-state index contributed by atoms with van der Waals surface area (Å²) in [7, 11) is 0. The molecule has 0 atom stereocenters. The minimum absolute atomic E-state index is 0.00597. The quantitative estimate of drug-likeness (QED) is 0.280. The zero-order valence-corrected chi connectivity index (χ0v) is 14.8. The first-order valence-corrected chi connectivity index (χ1v) is 8.83. The van der Waals surface area contributed by atoms with Crippen LogP contribution >= 0.6 is 11.8 Å². The summed E-state index contributed by atoms with van der Waals surface area (Å²) < 4.78 is 0. The average Bonchev–Trinajstić information content (AvgIpc) is 2.67. The average molecular weight is 365 g/mol. The number of aromatic nitrogens is 2. The highest BCUT2D eigenvalue weighted by molar-refractivity contribution is 7.99. The predicted molar refractivity (Wildman–Crippen MR) is 100 cm³/mol. The molecule has 1 heterocycles. The van der Waals surface area contributed by atoms with Crippen molar-refractivity contribution in [1.82, 2.24) is 10.2 Å². The van der Waals surface area contributed by atoms with E-state index in [1.165, 1.54) is 23.9 Å². The van der Waals surface area contributed by atoms with Crippen LogP contribution in [0.1, 0.15) is 15.9 Å². The molecule has 0 saturated heterocycles. The lowest BCUT2D eigenvalue weighted by Crippen LogP contribution is -2.02. The lowest BCUT2D eigenvalue weighted by Gasteiger charge is -2.03. The Morgan fingerprint density at radius 2 is 1.85 bits per heavy atom. The zero-order chi connectivity index (χ0) is 18.5. The number of nitrogens with zero attached hydrogens (tertiary/aromatic N) is 3. The van der Waals surface area contributed by atoms with Crippen LogP contribution in [0.4, 0.5) is 5.69 Å². The van der Waals surface area contributed by atoms with Crippen molar-refractivity contribution in [2.24, 2.45) is 0 Å². The van der Waals surface area contributed by atoms with Gasteiger partial charge in [-0.25, -0.2) is 0 Å². The van der Waals surface area contributed by atoms with Crippen LogP contribution in [0.5, 0.6) is 0 Å². The highest BCUT2D eigenvalue weighted by Crippen LogP contribution is 2.23. The second-order valence-electron chi connectivity index (χ2n) is 5.64. The maximum absolute atomic E-state index is 12.2. The molecule has 7 heteroatoms. The molecule has 0 aliphatic rings. The molecule has 0 fully saturated rings. The van der Waals surface area contributed by atoms with E-state index in [0.29, 0.717) is 21.8 Å². The lowest BCUT2D eigenvalue weighted by molar-refractivity contribution is -0.384. The molecule has 0 N–H and O–H groups in total. The number of rotatable bonds is 6. The van der Waals surface area contributed by atoms with Crippen molar-refractivity contribution in [2.45, 2.75) is 11.9 Å². The van der Waals surface area contributed by atoms with Crippen molar-refractivity contribution in [3.63, 3.8) is 0 Å². The SMILES string of the molecule is Cc1ccc(C(=O)CSc2ccc(-c3cccc([N+](=O)[O-])c3)nn2)cc1. The fraction of sp³-hybridized carbons (Fsp3) is 0.105. The van der Waals surface area contributed by atoms with E-state index in [2.05, 4.69) is 10.2 Å². The van der Waals surface area contributed by atoms with Gasteiger partial charge in [0.1, 0.15) is 5.03 Å². The Morgan fingerprint density at radius 3 is 2.50 bits per heavy atom. The Bertz CT molecular complexity index is 941. The summed E-state index contributed by atoms with van der Waals surface area (Å²) in [5, 5.41) is 19.7. The van der Waals surface area contributed by atoms with E-state index >= 15 is 0 Å². The molecule has 6 nitrogen and oxygen atoms in total. The monoisotopic (exact) mass is 365 g/mol. The van der Waals surface area contributed by atoms with Gasteiger partial charge >= 0.3 is 0 Å². The van der Waals surface area contributed by atoms with E-state index < -0.39 is 4.92 Å². The first-order chi connectivity index (χ1) is 12.5. The van der Waals surface area contributed by atoms with Crippen molar-refractivity contribution >= 4 is 23.2 Å². The third-order valence-corrected chi connectivity index (χ3v) is 4.64. The number of aryl methyl sites for hydroxylation is 1. The molecule has 3 rings (SSSR count). The maximum Gasteiger partial charge on any atom is 0.270 e. The highest BCUT2D eigenvalue weighted by Gasteiger charge is 2.10. The molecule has 1 aromatic heterocycles. The molecule has 26 heavy (non-hydrogen) atoms. The van der Waals surface area contributed by atoms with E-state index in [4.69, 9.17) is 0 Å². The minimum atomic E-state index is -0.447. The molecule has 0 aliphatic carbocycles. The standard InChI is InChI=1S/C19H15N3O3S/c1-13-5-7-14(8-6-13)18(23)12-26-19-10-9-17(20-21-19)15-3-2-4-16(11-15)22(24)25/h2-11H,12H2,1H3. The van der Waals surface area contributed by atoms with Gasteiger partial charge in [-0.2, -0.15) is 0 Å². The fourth-order valence-corrected chi connectivity index (χ4v) is 3.00. The van der Waals surface area contributed by atoms with Gasteiger partial charge in [0.2, 0.25) is 0 Å². The number of ketones is 1. The second-order valence-corrected chi connectivity index (χ2v) is 6.64. The molecule has 3 aromatic rings. The smallest absolute Gasteiger partial charge is 0.270 e. The number of nitro groups is 1. The van der Waals surface area contributed by atoms with E-state index in [9.17, 15) is 14.9 Å². The molecule has 0 unspecified atom stereocenters. The highest BCUT2D eigenvalue weighted by atomic mass is 32.2. The molecule has 2 aromatic carbocycles. The number of nitro benzene ring substituents is 1. The van der Waals surface area contributed by atoms with Crippen molar-refractivity contribution < 1.29 is 9.72 Å². The summed E-state index contributed by atoms with van der Waals surface area (Å²) in [6, 6.07) is 17.2. The van der Waals surface area contributed by atoms with Gasteiger partial charge in [-0.1, -0.05) is 53.7 Å². The number of hydrogen-bond acceptors (Lipinski definition) is 6. The molecule has 0 amide bonds. The second kappa shape index (κ2) is 7.88. The normalized spacial score (nSPS) is 10.5. The van der Waals surface area contributed by atoms with Gasteiger partial charge in [-0.15, -0.1) is 10.2 Å². The molecule has 0 saturated carbocycles. The summed E-state index contributed by atoms with van der Waals surface area (Å²) in [5.41, 5.74) is 2.95. The van der Waals surface area contributed by atoms with Crippen molar-refractivity contribution in [2.75, 3.05) is 5.75 Å². The van der Waals surface area contributed by atoms with Gasteiger partial charge in [0.25, 0.3) is 5.69 Å². The number of carbonyl (C=O) groups is 1. The summed E-state index contributed by atoms with van der Waals surface area (Å²) in [6.07, 6.45) is 0. The van der Waals surface area contributed by atoms with Crippen molar-refractivity contribution in [3.8, 4) is 11.3 Å². The van der Waals surface area contributed by atoms with Crippen LogP contribution < -0.4 is 0 Å². The molecule has 130 valence electrons. The summed E-state index contributed by atoms with van der Waals surface area (Å²) >= 11 is 1.31. The van der Waals surface area contributed by atoms with Crippen molar-refractivity contribution in [1.29, 1.82) is 0 Å². The third kappa shape index (κ3) is 4.31. The van der Waals surface area contributed by atoms with E-state index in [0.717, 1.165) is 5.56 Å². The van der Waals surface area contributed by atoms with Gasteiger partial charge < -0.3 is 0 Å². The van der Waals surface area contributed by atoms with Crippen LogP contribution in [0.15, 0.2) is 65.7 Å². The summed E-state index contributed by atoms with van der Waals surface area (Å²) in [6.45, 7) is 1.97. The molecule has 0 aliphatic heterocycles. The Morgan fingerprint density at radius 1 is 1.08 bits per heavy atom. The van der Waals surface area contributed by atoms with Crippen molar-refractivity contribution in [3.05, 3.63) is 81.9 Å². The molecule has 0 bridgehead atoms. The number of non-ortho nitro benzene ring substituents is 1. The van der Waals surface area contributed by atoms with Gasteiger partial charge in [0, 0.05) is 23.3 Å². The predicted octanol–water partition coefficient (Wildman–Crippen LogP) is 4.34. The minimum Gasteiger partial charge on any atom is -0.293 e. The topological polar surface area (TPSA) is 86.0 Å². The number of carbonyl (C=O) groups excluding carboxylic acids is 1. The molecular weight excluding hydrogens is 350 g/mol. The van der Waals surface area contributed by atoms with Gasteiger partial charge in [0.05, 0.1) is 16.4 Å². The van der Waals surface area contributed by atoms with Crippen LogP contribution in [-0.2, 0) is 0 Å². The van der Waals surface area contributed by atoms with Gasteiger partial charge in [-0.3, -0.25) is 14.9 Å². The lowest BCUT2D eigenvalue weighted by atomic mass is 10.1. The Kier molecular flexibility index (Phi) is 5.38. The first-order valence-electron chi connectivity index (χ1n) is 7.84. The van der Waals surface area contributed by atoms with Crippen LogP contribution in [0.25, 0.3) is 11.3 Å². The third-order valence-electron chi connectivity index (χ3n) is 3.72. The number of hydrogen-bond donors (Lipinski definition) is 0. The van der Waals surface area contributed by atoms with Gasteiger partial charge in [-0.05, 0) is 19.1 Å². The molecule has 0 spiro atoms. The van der Waals surface area contributed by atoms with Gasteiger partial charge in [0.15, 0.2) is 5.78 Å². The fourth-order valence-electron chi connectivity index (χ4n) is 2.29. The van der Waals surface area contributed by atoms with Crippen LogP contribution in [0.3, 0.4) is 0 Å². The van der Waals surface area contributed by atoms with E-state index in [-0.39, 0.29) is 17.2 Å². The Balaban J connectivity index is 1.66. The van der Waals surface area contributed by atoms with E-state index in [1.54, 1.807) is 24.3 Å². The van der Waals surface area contributed by atoms with Crippen LogP contribution in [0.2, 0.25) is 0 Å². The number of thioether (sulfide) groups is 1. The zero-order valence-electron chi connectivity index (χ0n) is 14.0. The van der Waals surface area contributed by atoms with E-state index in [1.807, 2.05) is 31.2 Å². The largest absolute Gasteiger partial charge is 0.293 e. The summed E-state index contributed by atoms with van der Waals surface area (Å²) in [4.78, 5) is 22.6. The Hall–Kier alpha value is -3.06. The Labute approximate surface area is 154 Å².